The SMILES string of the molecule is O=C(N=c1scc(-c2ccc([N+](=O)[O-])cc2)n1-c1ccccc1)c1ccccc1. The van der Waals surface area contributed by atoms with Gasteiger partial charge in [0.25, 0.3) is 11.6 Å². The number of hydrogen-bond acceptors (Lipinski definition) is 4. The molecular weight excluding hydrogens is 386 g/mol. The Bertz CT molecular complexity index is 1230. The van der Waals surface area contributed by atoms with E-state index in [9.17, 15) is 14.9 Å². The van der Waals surface area contributed by atoms with Crippen LogP contribution in [0.25, 0.3) is 16.9 Å². The number of carbonyl (C=O) groups is 1. The summed E-state index contributed by atoms with van der Waals surface area (Å²) in [6.45, 7) is 0. The molecule has 0 aliphatic rings. The van der Waals surface area contributed by atoms with E-state index in [4.69, 9.17) is 0 Å². The lowest BCUT2D eigenvalue weighted by Crippen LogP contribution is -2.16. The number of nitro benzene ring substituents is 1. The zero-order chi connectivity index (χ0) is 20.2. The second-order valence-electron chi connectivity index (χ2n) is 6.16. The molecule has 3 aromatic carbocycles. The molecule has 0 bridgehead atoms. The summed E-state index contributed by atoms with van der Waals surface area (Å²) in [7, 11) is 0. The fraction of sp³-hybridized carbons (Fsp3) is 0. The highest BCUT2D eigenvalue weighted by Crippen LogP contribution is 2.25. The standard InChI is InChI=1S/C22H15N3O3S/c26-21(17-7-3-1-4-8-17)23-22-24(18-9-5-2-6-10-18)20(15-29-22)16-11-13-19(14-12-16)25(27)28/h1-15H. The number of para-hydroxylation sites is 1. The first kappa shape index (κ1) is 18.5. The van der Waals surface area contributed by atoms with Crippen molar-refractivity contribution in [2.24, 2.45) is 4.99 Å². The first-order valence-corrected chi connectivity index (χ1v) is 9.66. The normalized spacial score (nSPS) is 11.4. The molecular formula is C22H15N3O3S. The smallest absolute Gasteiger partial charge is 0.279 e. The molecule has 0 aliphatic carbocycles. The topological polar surface area (TPSA) is 77.5 Å². The fourth-order valence-electron chi connectivity index (χ4n) is 2.90. The van der Waals surface area contributed by atoms with Crippen LogP contribution in [0.4, 0.5) is 5.69 Å². The van der Waals surface area contributed by atoms with Crippen molar-refractivity contribution in [1.29, 1.82) is 0 Å². The molecule has 6 nitrogen and oxygen atoms in total. The monoisotopic (exact) mass is 401 g/mol. The van der Waals surface area contributed by atoms with E-state index >= 15 is 0 Å². The summed E-state index contributed by atoms with van der Waals surface area (Å²) in [4.78, 5) is 28.0. The van der Waals surface area contributed by atoms with Crippen LogP contribution in [0.1, 0.15) is 10.4 Å². The molecule has 4 rings (SSSR count). The average Bonchev–Trinajstić information content (AvgIpc) is 3.18. The number of nitrogens with zero attached hydrogens (tertiary/aromatic N) is 3. The van der Waals surface area contributed by atoms with E-state index in [1.165, 1.54) is 23.5 Å². The van der Waals surface area contributed by atoms with Crippen molar-refractivity contribution in [1.82, 2.24) is 4.57 Å². The van der Waals surface area contributed by atoms with Crippen molar-refractivity contribution in [3.05, 3.63) is 111 Å². The number of benzene rings is 3. The lowest BCUT2D eigenvalue weighted by molar-refractivity contribution is -0.384. The van der Waals surface area contributed by atoms with Gasteiger partial charge in [0.1, 0.15) is 0 Å². The summed E-state index contributed by atoms with van der Waals surface area (Å²) in [5, 5.41) is 12.8. The summed E-state index contributed by atoms with van der Waals surface area (Å²) < 4.78 is 1.88. The number of nitro groups is 1. The molecule has 0 unspecified atom stereocenters. The number of non-ortho nitro benzene ring substituents is 1. The Labute approximate surface area is 170 Å². The molecule has 1 amide bonds. The van der Waals surface area contributed by atoms with Crippen LogP contribution in [0.5, 0.6) is 0 Å². The molecule has 0 N–H and O–H groups in total. The van der Waals surface area contributed by atoms with Crippen molar-refractivity contribution < 1.29 is 9.72 Å². The van der Waals surface area contributed by atoms with E-state index < -0.39 is 4.92 Å². The van der Waals surface area contributed by atoms with E-state index in [0.29, 0.717) is 10.4 Å². The van der Waals surface area contributed by atoms with Gasteiger partial charge < -0.3 is 0 Å². The molecule has 0 aliphatic heterocycles. The molecule has 29 heavy (non-hydrogen) atoms. The zero-order valence-electron chi connectivity index (χ0n) is 15.1. The minimum atomic E-state index is -0.429. The number of hydrogen-bond donors (Lipinski definition) is 0. The van der Waals surface area contributed by atoms with Gasteiger partial charge in [0.05, 0.1) is 10.6 Å². The maximum absolute atomic E-state index is 12.6. The summed E-state index contributed by atoms with van der Waals surface area (Å²) in [6.07, 6.45) is 0. The van der Waals surface area contributed by atoms with Gasteiger partial charge in [0.15, 0.2) is 4.80 Å². The number of aromatic nitrogens is 1. The molecule has 0 saturated carbocycles. The molecule has 0 atom stereocenters. The molecule has 0 spiro atoms. The molecule has 0 saturated heterocycles. The van der Waals surface area contributed by atoms with Crippen LogP contribution in [0.2, 0.25) is 0 Å². The van der Waals surface area contributed by atoms with Gasteiger partial charge in [-0.15, -0.1) is 11.3 Å². The van der Waals surface area contributed by atoms with Crippen LogP contribution in [-0.4, -0.2) is 15.4 Å². The summed E-state index contributed by atoms with van der Waals surface area (Å²) in [5.74, 6) is -0.326. The van der Waals surface area contributed by atoms with E-state index in [0.717, 1.165) is 16.9 Å². The Hall–Kier alpha value is -3.84. The van der Waals surface area contributed by atoms with Crippen LogP contribution in [0.15, 0.2) is 95.3 Å². The van der Waals surface area contributed by atoms with E-state index in [-0.39, 0.29) is 11.6 Å². The average molecular weight is 401 g/mol. The van der Waals surface area contributed by atoms with Crippen molar-refractivity contribution >= 4 is 22.9 Å². The van der Waals surface area contributed by atoms with Gasteiger partial charge in [-0.2, -0.15) is 4.99 Å². The van der Waals surface area contributed by atoms with Crippen LogP contribution < -0.4 is 4.80 Å². The van der Waals surface area contributed by atoms with Crippen molar-refractivity contribution in [3.63, 3.8) is 0 Å². The molecule has 7 heteroatoms. The third kappa shape index (κ3) is 3.90. The molecule has 0 radical (unpaired) electrons. The molecule has 0 fully saturated rings. The Balaban J connectivity index is 1.86. The number of thiazole rings is 1. The number of amides is 1. The van der Waals surface area contributed by atoms with Crippen LogP contribution in [0.3, 0.4) is 0 Å². The fourth-order valence-corrected chi connectivity index (χ4v) is 3.81. The second-order valence-corrected chi connectivity index (χ2v) is 7.00. The molecule has 1 heterocycles. The van der Waals surface area contributed by atoms with Gasteiger partial charge >= 0.3 is 0 Å². The highest BCUT2D eigenvalue weighted by molar-refractivity contribution is 7.07. The maximum Gasteiger partial charge on any atom is 0.279 e. The highest BCUT2D eigenvalue weighted by Gasteiger charge is 2.13. The summed E-state index contributed by atoms with van der Waals surface area (Å²) >= 11 is 1.34. The predicted molar refractivity (Wildman–Crippen MR) is 112 cm³/mol. The largest absolute Gasteiger partial charge is 0.285 e. The Kier molecular flexibility index (Phi) is 5.13. The first-order chi connectivity index (χ1) is 14.1. The predicted octanol–water partition coefficient (Wildman–Crippen LogP) is 4.86. The summed E-state index contributed by atoms with van der Waals surface area (Å²) in [5.41, 5.74) is 2.98. The third-order valence-corrected chi connectivity index (χ3v) is 5.14. The van der Waals surface area contributed by atoms with E-state index in [1.807, 2.05) is 46.3 Å². The minimum Gasteiger partial charge on any atom is -0.285 e. The molecule has 142 valence electrons. The number of rotatable bonds is 4. The van der Waals surface area contributed by atoms with Gasteiger partial charge in [-0.25, -0.2) is 0 Å². The third-order valence-electron chi connectivity index (χ3n) is 4.31. The van der Waals surface area contributed by atoms with E-state index in [2.05, 4.69) is 4.99 Å². The van der Waals surface area contributed by atoms with E-state index in [1.54, 1.807) is 36.4 Å². The van der Waals surface area contributed by atoms with Gasteiger partial charge in [0.2, 0.25) is 0 Å². The van der Waals surface area contributed by atoms with Crippen LogP contribution in [-0.2, 0) is 0 Å². The molecule has 1 aromatic heterocycles. The van der Waals surface area contributed by atoms with Crippen molar-refractivity contribution in [2.75, 3.05) is 0 Å². The van der Waals surface area contributed by atoms with Crippen LogP contribution in [0, 0.1) is 10.1 Å². The first-order valence-electron chi connectivity index (χ1n) is 8.78. The Morgan fingerprint density at radius 3 is 2.14 bits per heavy atom. The van der Waals surface area contributed by atoms with Gasteiger partial charge in [-0.05, 0) is 42.0 Å². The second kappa shape index (κ2) is 8.04. The van der Waals surface area contributed by atoms with Crippen molar-refractivity contribution in [2.45, 2.75) is 0 Å². The zero-order valence-corrected chi connectivity index (χ0v) is 16.0. The maximum atomic E-state index is 12.6. The molecule has 4 aromatic rings. The lowest BCUT2D eigenvalue weighted by atomic mass is 10.1. The highest BCUT2D eigenvalue weighted by atomic mass is 32.1. The Morgan fingerprint density at radius 2 is 1.52 bits per heavy atom. The van der Waals surface area contributed by atoms with Crippen LogP contribution >= 0.6 is 11.3 Å². The minimum absolute atomic E-state index is 0.0272. The Morgan fingerprint density at radius 1 is 0.897 bits per heavy atom. The summed E-state index contributed by atoms with van der Waals surface area (Å²) in [6, 6.07) is 24.8. The number of carbonyl (C=O) groups excluding carboxylic acids is 1. The van der Waals surface area contributed by atoms with Gasteiger partial charge in [-0.3, -0.25) is 19.5 Å². The van der Waals surface area contributed by atoms with Gasteiger partial charge in [0, 0.05) is 28.8 Å². The van der Waals surface area contributed by atoms with Gasteiger partial charge in [-0.1, -0.05) is 36.4 Å². The quantitative estimate of drug-likeness (QED) is 0.362. The lowest BCUT2D eigenvalue weighted by Gasteiger charge is -2.09. The van der Waals surface area contributed by atoms with Crippen molar-refractivity contribution in [3.8, 4) is 16.9 Å².